The van der Waals surface area contributed by atoms with Gasteiger partial charge in [-0.2, -0.15) is 0 Å². The van der Waals surface area contributed by atoms with Crippen LogP contribution in [-0.2, 0) is 20.8 Å². The summed E-state index contributed by atoms with van der Waals surface area (Å²) in [6.45, 7) is 7.45. The van der Waals surface area contributed by atoms with E-state index in [9.17, 15) is 0 Å². The monoisotopic (exact) mass is 288 g/mol. The SMILES string of the molecule is C=C[C@@]1(C)O[C@H]2CCCO[C@@H]2C[C@@H]1OCc1ccccc1. The molecule has 0 bridgehead atoms. The maximum Gasteiger partial charge on any atom is 0.110 e. The van der Waals surface area contributed by atoms with Gasteiger partial charge in [0.05, 0.1) is 24.9 Å². The third-order valence-corrected chi connectivity index (χ3v) is 4.57. The molecule has 2 fully saturated rings. The molecule has 0 spiro atoms. The van der Waals surface area contributed by atoms with E-state index in [0.29, 0.717) is 6.61 Å². The maximum atomic E-state index is 6.26. The zero-order valence-electron chi connectivity index (χ0n) is 12.7. The Morgan fingerprint density at radius 1 is 1.33 bits per heavy atom. The fourth-order valence-electron chi connectivity index (χ4n) is 3.20. The van der Waals surface area contributed by atoms with Crippen molar-refractivity contribution in [1.82, 2.24) is 0 Å². The van der Waals surface area contributed by atoms with E-state index in [1.807, 2.05) is 24.3 Å². The van der Waals surface area contributed by atoms with Gasteiger partial charge in [0.15, 0.2) is 0 Å². The lowest BCUT2D eigenvalue weighted by molar-refractivity contribution is -0.238. The van der Waals surface area contributed by atoms with Crippen molar-refractivity contribution in [3.63, 3.8) is 0 Å². The molecule has 4 atom stereocenters. The highest BCUT2D eigenvalue weighted by Crippen LogP contribution is 2.37. The van der Waals surface area contributed by atoms with Gasteiger partial charge < -0.3 is 14.2 Å². The van der Waals surface area contributed by atoms with Crippen LogP contribution in [0.3, 0.4) is 0 Å². The molecule has 3 rings (SSSR count). The summed E-state index contributed by atoms with van der Waals surface area (Å²) in [4.78, 5) is 0. The zero-order chi connectivity index (χ0) is 14.7. The van der Waals surface area contributed by atoms with E-state index in [0.717, 1.165) is 25.9 Å². The van der Waals surface area contributed by atoms with Crippen LogP contribution < -0.4 is 0 Å². The molecule has 21 heavy (non-hydrogen) atoms. The molecule has 1 aromatic rings. The van der Waals surface area contributed by atoms with Gasteiger partial charge in [0.1, 0.15) is 5.60 Å². The van der Waals surface area contributed by atoms with Gasteiger partial charge in [0, 0.05) is 13.0 Å². The van der Waals surface area contributed by atoms with Crippen molar-refractivity contribution in [2.75, 3.05) is 6.61 Å². The summed E-state index contributed by atoms with van der Waals surface area (Å²) in [6, 6.07) is 10.2. The van der Waals surface area contributed by atoms with Crippen molar-refractivity contribution in [2.24, 2.45) is 0 Å². The Hall–Kier alpha value is -1.16. The van der Waals surface area contributed by atoms with E-state index in [-0.39, 0.29) is 18.3 Å². The Labute approximate surface area is 126 Å². The zero-order valence-corrected chi connectivity index (χ0v) is 12.7. The second-order valence-corrected chi connectivity index (χ2v) is 6.12. The highest BCUT2D eigenvalue weighted by atomic mass is 16.6. The number of fused-ring (bicyclic) bond motifs is 1. The molecule has 3 nitrogen and oxygen atoms in total. The minimum absolute atomic E-state index is 0.0189. The number of benzene rings is 1. The number of rotatable bonds is 4. The van der Waals surface area contributed by atoms with Crippen LogP contribution in [0.15, 0.2) is 43.0 Å². The van der Waals surface area contributed by atoms with Gasteiger partial charge in [-0.3, -0.25) is 0 Å². The lowest BCUT2D eigenvalue weighted by Crippen LogP contribution is -2.56. The Bertz CT molecular complexity index is 473. The van der Waals surface area contributed by atoms with Gasteiger partial charge in [-0.25, -0.2) is 0 Å². The third kappa shape index (κ3) is 3.20. The molecule has 3 heteroatoms. The summed E-state index contributed by atoms with van der Waals surface area (Å²) in [5.74, 6) is 0. The van der Waals surface area contributed by atoms with Crippen molar-refractivity contribution in [1.29, 1.82) is 0 Å². The van der Waals surface area contributed by atoms with Crippen LogP contribution in [0.1, 0.15) is 31.7 Å². The molecule has 0 saturated carbocycles. The van der Waals surface area contributed by atoms with Crippen LogP contribution in [0.4, 0.5) is 0 Å². The smallest absolute Gasteiger partial charge is 0.110 e. The highest BCUT2D eigenvalue weighted by Gasteiger charge is 2.46. The summed E-state index contributed by atoms with van der Waals surface area (Å²) < 4.78 is 18.3. The summed E-state index contributed by atoms with van der Waals surface area (Å²) in [6.07, 6.45) is 5.22. The summed E-state index contributed by atoms with van der Waals surface area (Å²) in [7, 11) is 0. The van der Waals surface area contributed by atoms with Crippen molar-refractivity contribution in [3.05, 3.63) is 48.6 Å². The van der Waals surface area contributed by atoms with E-state index < -0.39 is 5.60 Å². The standard InChI is InChI=1S/C18H24O3/c1-3-18(2)17(20-13-14-8-5-4-6-9-14)12-16-15(21-18)10-7-11-19-16/h3-6,8-9,15-17H,1,7,10-13H2,2H3/t15-,16+,17-,18+/m0/s1. The topological polar surface area (TPSA) is 27.7 Å². The fourth-order valence-corrected chi connectivity index (χ4v) is 3.20. The molecule has 1 aromatic carbocycles. The van der Waals surface area contributed by atoms with Crippen molar-refractivity contribution in [3.8, 4) is 0 Å². The second-order valence-electron chi connectivity index (χ2n) is 6.12. The normalized spacial score (nSPS) is 36.0. The molecule has 114 valence electrons. The van der Waals surface area contributed by atoms with E-state index in [4.69, 9.17) is 14.2 Å². The van der Waals surface area contributed by atoms with Crippen LogP contribution in [0, 0.1) is 0 Å². The van der Waals surface area contributed by atoms with Crippen LogP contribution >= 0.6 is 0 Å². The van der Waals surface area contributed by atoms with Gasteiger partial charge in [0.25, 0.3) is 0 Å². The summed E-state index contributed by atoms with van der Waals surface area (Å²) in [5.41, 5.74) is 0.743. The molecule has 0 aromatic heterocycles. The lowest BCUT2D eigenvalue weighted by atomic mass is 9.86. The predicted octanol–water partition coefficient (Wildman–Crippen LogP) is 3.48. The number of hydrogen-bond acceptors (Lipinski definition) is 3. The first-order chi connectivity index (χ1) is 10.2. The molecule has 0 unspecified atom stereocenters. The Kier molecular flexibility index (Phi) is 4.43. The minimum atomic E-state index is -0.434. The van der Waals surface area contributed by atoms with E-state index in [2.05, 4.69) is 25.6 Å². The first kappa shape index (κ1) is 14.8. The van der Waals surface area contributed by atoms with E-state index >= 15 is 0 Å². The fraction of sp³-hybridized carbons (Fsp3) is 0.556. The molecule has 2 heterocycles. The van der Waals surface area contributed by atoms with Crippen LogP contribution in [0.25, 0.3) is 0 Å². The van der Waals surface area contributed by atoms with Gasteiger partial charge in [-0.05, 0) is 25.3 Å². The molecule has 0 radical (unpaired) electrons. The molecule has 2 aliphatic heterocycles. The molecule has 2 saturated heterocycles. The quantitative estimate of drug-likeness (QED) is 0.794. The molecular formula is C18H24O3. The second kappa shape index (κ2) is 6.30. The predicted molar refractivity (Wildman–Crippen MR) is 82.1 cm³/mol. The first-order valence-electron chi connectivity index (χ1n) is 7.80. The molecular weight excluding hydrogens is 264 g/mol. The van der Waals surface area contributed by atoms with Crippen LogP contribution in [0.5, 0.6) is 0 Å². The lowest BCUT2D eigenvalue weighted by Gasteiger charge is -2.48. The third-order valence-electron chi connectivity index (χ3n) is 4.57. The first-order valence-corrected chi connectivity index (χ1v) is 7.80. The number of hydrogen-bond donors (Lipinski definition) is 0. The van der Waals surface area contributed by atoms with Gasteiger partial charge in [-0.1, -0.05) is 36.4 Å². The molecule has 0 aliphatic carbocycles. The molecule has 0 N–H and O–H groups in total. The largest absolute Gasteiger partial charge is 0.375 e. The summed E-state index contributed by atoms with van der Waals surface area (Å²) in [5, 5.41) is 0. The highest BCUT2D eigenvalue weighted by molar-refractivity contribution is 5.14. The van der Waals surface area contributed by atoms with Gasteiger partial charge >= 0.3 is 0 Å². The Morgan fingerprint density at radius 2 is 2.14 bits per heavy atom. The van der Waals surface area contributed by atoms with Crippen molar-refractivity contribution < 1.29 is 14.2 Å². The molecule has 0 amide bonds. The van der Waals surface area contributed by atoms with Crippen molar-refractivity contribution in [2.45, 2.75) is 56.7 Å². The average molecular weight is 288 g/mol. The number of ether oxygens (including phenoxy) is 3. The van der Waals surface area contributed by atoms with E-state index in [1.54, 1.807) is 0 Å². The van der Waals surface area contributed by atoms with E-state index in [1.165, 1.54) is 5.56 Å². The van der Waals surface area contributed by atoms with Gasteiger partial charge in [-0.15, -0.1) is 6.58 Å². The average Bonchev–Trinajstić information content (AvgIpc) is 2.54. The molecule has 2 aliphatic rings. The maximum absolute atomic E-state index is 6.26. The van der Waals surface area contributed by atoms with Crippen LogP contribution in [0.2, 0.25) is 0 Å². The van der Waals surface area contributed by atoms with Crippen LogP contribution in [-0.4, -0.2) is 30.5 Å². The summed E-state index contributed by atoms with van der Waals surface area (Å²) >= 11 is 0. The Morgan fingerprint density at radius 3 is 2.90 bits per heavy atom. The Balaban J connectivity index is 1.68. The van der Waals surface area contributed by atoms with Gasteiger partial charge in [0.2, 0.25) is 0 Å². The minimum Gasteiger partial charge on any atom is -0.375 e. The van der Waals surface area contributed by atoms with Crippen molar-refractivity contribution >= 4 is 0 Å².